The molecule has 1 saturated heterocycles. The Balaban J connectivity index is 1.27. The zero-order valence-corrected chi connectivity index (χ0v) is 23.2. The maximum Gasteiger partial charge on any atom is 0.226 e. The van der Waals surface area contributed by atoms with Crippen LogP contribution in [0.3, 0.4) is 0 Å². The van der Waals surface area contributed by atoms with Gasteiger partial charge in [-0.15, -0.1) is 0 Å². The molecule has 9 nitrogen and oxygen atoms in total. The van der Waals surface area contributed by atoms with Crippen molar-refractivity contribution in [3.05, 3.63) is 36.2 Å². The average molecular weight is 521 g/mol. The standard InChI is InChI=1S/C29H44N8O/c1-35(2)16-8-4-3-7-15-30-29-33-27(26-28(34-29)37(22-31-26)25-9-5-6-10-25)32-24-13-11-23(12-14-24)21-36-17-19-38-20-18-36/h11-14,22,25H,3-10,15-21H2,1-2H3,(H2,30,32,33,34). The van der Waals surface area contributed by atoms with Crippen molar-refractivity contribution < 1.29 is 4.74 Å². The second kappa shape index (κ2) is 13.4. The van der Waals surface area contributed by atoms with Crippen LogP contribution in [0.5, 0.6) is 0 Å². The lowest BCUT2D eigenvalue weighted by atomic mass is 10.2. The van der Waals surface area contributed by atoms with E-state index >= 15 is 0 Å². The largest absolute Gasteiger partial charge is 0.379 e. The van der Waals surface area contributed by atoms with Crippen LogP contribution in [0.15, 0.2) is 30.6 Å². The molecule has 1 aliphatic heterocycles. The van der Waals surface area contributed by atoms with Gasteiger partial charge in [0.15, 0.2) is 17.0 Å². The summed E-state index contributed by atoms with van der Waals surface area (Å²) < 4.78 is 7.75. The monoisotopic (exact) mass is 520 g/mol. The van der Waals surface area contributed by atoms with Gasteiger partial charge in [0.1, 0.15) is 0 Å². The minimum atomic E-state index is 0.478. The number of morpholine rings is 1. The lowest BCUT2D eigenvalue weighted by Gasteiger charge is -2.26. The molecule has 3 aromatic rings. The first-order valence-corrected chi connectivity index (χ1v) is 14.4. The number of hydrogen-bond donors (Lipinski definition) is 2. The van der Waals surface area contributed by atoms with Gasteiger partial charge in [0, 0.05) is 37.9 Å². The van der Waals surface area contributed by atoms with E-state index in [-0.39, 0.29) is 0 Å². The van der Waals surface area contributed by atoms with Crippen molar-refractivity contribution >= 4 is 28.6 Å². The Morgan fingerprint density at radius 1 is 0.974 bits per heavy atom. The quantitative estimate of drug-likeness (QED) is 0.303. The van der Waals surface area contributed by atoms with E-state index in [0.29, 0.717) is 12.0 Å². The van der Waals surface area contributed by atoms with Crippen molar-refractivity contribution in [3.8, 4) is 0 Å². The van der Waals surface area contributed by atoms with E-state index in [2.05, 4.69) is 63.4 Å². The number of rotatable bonds is 13. The molecule has 0 bridgehead atoms. The SMILES string of the molecule is CN(C)CCCCCCNc1nc(Nc2ccc(CN3CCOCC3)cc2)c2ncn(C3CCCC3)c2n1. The summed E-state index contributed by atoms with van der Waals surface area (Å²) in [5.74, 6) is 1.44. The molecule has 2 aliphatic rings. The van der Waals surface area contributed by atoms with Gasteiger partial charge in [-0.05, 0) is 64.0 Å². The van der Waals surface area contributed by atoms with Gasteiger partial charge in [-0.25, -0.2) is 4.98 Å². The fourth-order valence-electron chi connectivity index (χ4n) is 5.49. The van der Waals surface area contributed by atoms with E-state index in [1.807, 2.05) is 6.33 Å². The first-order chi connectivity index (χ1) is 18.7. The molecule has 1 saturated carbocycles. The fraction of sp³-hybridized carbons (Fsp3) is 0.621. The molecule has 2 aromatic heterocycles. The second-order valence-corrected chi connectivity index (χ2v) is 11.0. The third-order valence-corrected chi connectivity index (χ3v) is 7.68. The highest BCUT2D eigenvalue weighted by molar-refractivity contribution is 5.86. The van der Waals surface area contributed by atoms with Crippen LogP contribution in [0.2, 0.25) is 0 Å². The third-order valence-electron chi connectivity index (χ3n) is 7.68. The topological polar surface area (TPSA) is 83.4 Å². The van der Waals surface area contributed by atoms with E-state index in [1.165, 1.54) is 50.5 Å². The molecule has 2 fully saturated rings. The molecule has 0 atom stereocenters. The number of unbranched alkanes of at least 4 members (excludes halogenated alkanes) is 3. The molecule has 0 spiro atoms. The third kappa shape index (κ3) is 7.21. The Hall–Kier alpha value is -2.75. The smallest absolute Gasteiger partial charge is 0.226 e. The van der Waals surface area contributed by atoms with Gasteiger partial charge < -0.3 is 24.8 Å². The van der Waals surface area contributed by atoms with E-state index in [9.17, 15) is 0 Å². The van der Waals surface area contributed by atoms with E-state index in [4.69, 9.17) is 19.7 Å². The van der Waals surface area contributed by atoms with Crippen molar-refractivity contribution in [2.24, 2.45) is 0 Å². The zero-order valence-electron chi connectivity index (χ0n) is 23.2. The number of hydrogen-bond acceptors (Lipinski definition) is 8. The van der Waals surface area contributed by atoms with Crippen LogP contribution in [-0.2, 0) is 11.3 Å². The molecule has 0 amide bonds. The van der Waals surface area contributed by atoms with Crippen molar-refractivity contribution in [2.75, 3.05) is 64.1 Å². The first kappa shape index (κ1) is 26.8. The van der Waals surface area contributed by atoms with Crippen LogP contribution in [0.4, 0.5) is 17.5 Å². The average Bonchev–Trinajstić information content (AvgIpc) is 3.60. The Labute approximate surface area is 227 Å². The van der Waals surface area contributed by atoms with Crippen LogP contribution in [0.25, 0.3) is 11.2 Å². The maximum atomic E-state index is 5.48. The predicted molar refractivity (Wildman–Crippen MR) is 154 cm³/mol. The Bertz CT molecular complexity index is 1130. The van der Waals surface area contributed by atoms with Crippen LogP contribution in [-0.4, -0.2) is 82.8 Å². The molecule has 206 valence electrons. The number of nitrogens with zero attached hydrogens (tertiary/aromatic N) is 6. The van der Waals surface area contributed by atoms with Crippen LogP contribution in [0, 0.1) is 0 Å². The van der Waals surface area contributed by atoms with Crippen LogP contribution < -0.4 is 10.6 Å². The number of fused-ring (bicyclic) bond motifs is 1. The molecule has 0 unspecified atom stereocenters. The summed E-state index contributed by atoms with van der Waals surface area (Å²) in [5.41, 5.74) is 4.08. The summed E-state index contributed by atoms with van der Waals surface area (Å²) in [5, 5.41) is 7.04. The highest BCUT2D eigenvalue weighted by Gasteiger charge is 2.22. The number of nitrogens with one attached hydrogen (secondary N) is 2. The van der Waals surface area contributed by atoms with Gasteiger partial charge in [-0.3, -0.25) is 4.90 Å². The maximum absolute atomic E-state index is 5.48. The van der Waals surface area contributed by atoms with E-state index in [1.54, 1.807) is 0 Å². The molecule has 0 radical (unpaired) electrons. The van der Waals surface area contributed by atoms with Crippen LogP contribution >= 0.6 is 0 Å². The molecule has 9 heteroatoms. The number of benzene rings is 1. The normalized spacial score (nSPS) is 17.0. The second-order valence-electron chi connectivity index (χ2n) is 11.0. The fourth-order valence-corrected chi connectivity index (χ4v) is 5.49. The summed E-state index contributed by atoms with van der Waals surface area (Å²) in [4.78, 5) is 19.3. The van der Waals surface area contributed by atoms with Crippen molar-refractivity contribution in [3.63, 3.8) is 0 Å². The lowest BCUT2D eigenvalue weighted by Crippen LogP contribution is -2.35. The van der Waals surface area contributed by atoms with Gasteiger partial charge in [0.25, 0.3) is 0 Å². The molecule has 38 heavy (non-hydrogen) atoms. The predicted octanol–water partition coefficient (Wildman–Crippen LogP) is 5.05. The van der Waals surface area contributed by atoms with Gasteiger partial charge in [0.05, 0.1) is 19.5 Å². The summed E-state index contributed by atoms with van der Waals surface area (Å²) in [6.07, 6.45) is 11.7. The van der Waals surface area contributed by atoms with E-state index < -0.39 is 0 Å². The molecule has 2 N–H and O–H groups in total. The molecule has 5 rings (SSSR count). The Kier molecular flexibility index (Phi) is 9.43. The van der Waals surface area contributed by atoms with Crippen LogP contribution in [0.1, 0.15) is 63.0 Å². The molecular formula is C29H44N8O. The van der Waals surface area contributed by atoms with Crippen molar-refractivity contribution in [2.45, 2.75) is 64.0 Å². The molecular weight excluding hydrogens is 476 g/mol. The highest BCUT2D eigenvalue weighted by Crippen LogP contribution is 2.33. The summed E-state index contributed by atoms with van der Waals surface area (Å²) in [6.45, 7) is 6.62. The number of ether oxygens (including phenoxy) is 1. The number of imidazole rings is 1. The van der Waals surface area contributed by atoms with Crippen molar-refractivity contribution in [1.29, 1.82) is 0 Å². The minimum Gasteiger partial charge on any atom is -0.379 e. The number of anilines is 3. The van der Waals surface area contributed by atoms with Gasteiger partial charge in [-0.2, -0.15) is 9.97 Å². The van der Waals surface area contributed by atoms with Gasteiger partial charge in [-0.1, -0.05) is 37.8 Å². The summed E-state index contributed by atoms with van der Waals surface area (Å²) >= 11 is 0. The molecule has 1 aromatic carbocycles. The Morgan fingerprint density at radius 3 is 2.50 bits per heavy atom. The highest BCUT2D eigenvalue weighted by atomic mass is 16.5. The molecule has 3 heterocycles. The van der Waals surface area contributed by atoms with Gasteiger partial charge >= 0.3 is 0 Å². The minimum absolute atomic E-state index is 0.478. The number of aromatic nitrogens is 4. The van der Waals surface area contributed by atoms with E-state index in [0.717, 1.165) is 75.0 Å². The lowest BCUT2D eigenvalue weighted by molar-refractivity contribution is 0.0342. The van der Waals surface area contributed by atoms with Gasteiger partial charge in [0.2, 0.25) is 5.95 Å². The first-order valence-electron chi connectivity index (χ1n) is 14.4. The zero-order chi connectivity index (χ0) is 26.2. The summed E-state index contributed by atoms with van der Waals surface area (Å²) in [6, 6.07) is 9.15. The van der Waals surface area contributed by atoms with Crippen molar-refractivity contribution in [1.82, 2.24) is 29.3 Å². The summed E-state index contributed by atoms with van der Waals surface area (Å²) in [7, 11) is 4.27. The Morgan fingerprint density at radius 2 is 1.74 bits per heavy atom. The molecule has 1 aliphatic carbocycles.